The molecular formula is C14H16BrN3O. The molecule has 0 bridgehead atoms. The van der Waals surface area contributed by atoms with E-state index in [1.165, 1.54) is 0 Å². The number of aromatic nitrogens is 2. The maximum Gasteiger partial charge on any atom is 0.253 e. The molecule has 100 valence electrons. The molecular weight excluding hydrogens is 306 g/mol. The molecule has 0 atom stereocenters. The third-order valence-corrected chi connectivity index (χ3v) is 3.71. The van der Waals surface area contributed by atoms with E-state index in [0.29, 0.717) is 12.1 Å². The van der Waals surface area contributed by atoms with Gasteiger partial charge >= 0.3 is 0 Å². The number of carbonyl (C=O) groups is 1. The Kier molecular flexibility index (Phi) is 4.04. The van der Waals surface area contributed by atoms with Gasteiger partial charge in [-0.1, -0.05) is 17.7 Å². The molecule has 0 aliphatic rings. The van der Waals surface area contributed by atoms with Crippen molar-refractivity contribution in [2.45, 2.75) is 13.5 Å². The number of halogens is 1. The first kappa shape index (κ1) is 13.8. The van der Waals surface area contributed by atoms with Gasteiger partial charge < -0.3 is 4.90 Å². The Bertz CT molecular complexity index is 570. The fourth-order valence-electron chi connectivity index (χ4n) is 1.83. The van der Waals surface area contributed by atoms with Gasteiger partial charge in [0, 0.05) is 19.7 Å². The summed E-state index contributed by atoms with van der Waals surface area (Å²) in [5.74, 6) is 0.00750. The van der Waals surface area contributed by atoms with Crippen molar-refractivity contribution in [3.05, 3.63) is 51.8 Å². The predicted molar refractivity (Wildman–Crippen MR) is 77.9 cm³/mol. The summed E-state index contributed by atoms with van der Waals surface area (Å²) in [7, 11) is 3.66. The molecule has 4 nitrogen and oxygen atoms in total. The molecule has 0 unspecified atom stereocenters. The maximum atomic E-state index is 12.3. The number of hydrogen-bond donors (Lipinski definition) is 0. The third-order valence-electron chi connectivity index (χ3n) is 3.04. The quantitative estimate of drug-likeness (QED) is 0.871. The molecule has 19 heavy (non-hydrogen) atoms. The van der Waals surface area contributed by atoms with Crippen LogP contribution in [0.2, 0.25) is 0 Å². The second kappa shape index (κ2) is 5.57. The van der Waals surface area contributed by atoms with E-state index in [-0.39, 0.29) is 5.91 Å². The van der Waals surface area contributed by atoms with Crippen LogP contribution < -0.4 is 0 Å². The van der Waals surface area contributed by atoms with Gasteiger partial charge in [0.25, 0.3) is 5.91 Å². The van der Waals surface area contributed by atoms with Gasteiger partial charge in [-0.25, -0.2) is 0 Å². The van der Waals surface area contributed by atoms with Crippen molar-refractivity contribution in [2.24, 2.45) is 7.05 Å². The van der Waals surface area contributed by atoms with Crippen LogP contribution in [0.5, 0.6) is 0 Å². The summed E-state index contributed by atoms with van der Waals surface area (Å²) >= 11 is 3.44. The zero-order valence-electron chi connectivity index (χ0n) is 11.2. The van der Waals surface area contributed by atoms with Gasteiger partial charge in [0.05, 0.1) is 22.9 Å². The predicted octanol–water partition coefficient (Wildman–Crippen LogP) is 2.76. The minimum absolute atomic E-state index is 0.00750. The van der Waals surface area contributed by atoms with Gasteiger partial charge in [0.2, 0.25) is 0 Å². The lowest BCUT2D eigenvalue weighted by Gasteiger charge is -2.17. The summed E-state index contributed by atoms with van der Waals surface area (Å²) in [5, 5.41) is 4.14. The molecule has 0 spiro atoms. The van der Waals surface area contributed by atoms with Crippen LogP contribution >= 0.6 is 15.9 Å². The highest BCUT2D eigenvalue weighted by molar-refractivity contribution is 9.10. The number of benzene rings is 1. The van der Waals surface area contributed by atoms with E-state index >= 15 is 0 Å². The van der Waals surface area contributed by atoms with Crippen LogP contribution in [0, 0.1) is 6.92 Å². The fourth-order valence-corrected chi connectivity index (χ4v) is 2.30. The molecule has 0 aliphatic heterocycles. The zero-order chi connectivity index (χ0) is 14.0. The second-order valence-corrected chi connectivity index (χ2v) is 5.44. The Morgan fingerprint density at radius 2 is 2.00 bits per heavy atom. The number of rotatable bonds is 3. The lowest BCUT2D eigenvalue weighted by Crippen LogP contribution is -2.27. The number of nitrogens with zero attached hydrogens (tertiary/aromatic N) is 3. The molecule has 0 radical (unpaired) electrons. The van der Waals surface area contributed by atoms with Gasteiger partial charge in [0.1, 0.15) is 0 Å². The molecule has 0 saturated carbocycles. The summed E-state index contributed by atoms with van der Waals surface area (Å²) < 4.78 is 2.68. The molecule has 1 aromatic heterocycles. The van der Waals surface area contributed by atoms with E-state index in [2.05, 4.69) is 21.0 Å². The average Bonchev–Trinajstić information content (AvgIpc) is 2.70. The lowest BCUT2D eigenvalue weighted by atomic mass is 10.1. The molecule has 2 aromatic rings. The van der Waals surface area contributed by atoms with Gasteiger partial charge in [-0.05, 0) is 35.0 Å². The minimum Gasteiger partial charge on any atom is -0.336 e. The maximum absolute atomic E-state index is 12.3. The van der Waals surface area contributed by atoms with Gasteiger partial charge in [-0.15, -0.1) is 0 Å². The fraction of sp³-hybridized carbons (Fsp3) is 0.286. The molecule has 2 rings (SSSR count). The average molecular weight is 322 g/mol. The smallest absolute Gasteiger partial charge is 0.253 e. The van der Waals surface area contributed by atoms with E-state index in [0.717, 1.165) is 15.7 Å². The summed E-state index contributed by atoms with van der Waals surface area (Å²) in [4.78, 5) is 14.0. The van der Waals surface area contributed by atoms with Crippen LogP contribution in [0.25, 0.3) is 0 Å². The van der Waals surface area contributed by atoms with E-state index in [1.807, 2.05) is 38.2 Å². The highest BCUT2D eigenvalue weighted by Crippen LogP contribution is 2.17. The molecule has 0 aliphatic carbocycles. The first-order valence-electron chi connectivity index (χ1n) is 5.97. The van der Waals surface area contributed by atoms with Crippen molar-refractivity contribution in [3.63, 3.8) is 0 Å². The van der Waals surface area contributed by atoms with Crippen LogP contribution in [-0.4, -0.2) is 27.6 Å². The van der Waals surface area contributed by atoms with Crippen LogP contribution in [0.4, 0.5) is 0 Å². The Hall–Kier alpha value is -1.62. The normalized spacial score (nSPS) is 10.5. The first-order valence-corrected chi connectivity index (χ1v) is 6.77. The molecule has 1 heterocycles. The van der Waals surface area contributed by atoms with Crippen LogP contribution in [-0.2, 0) is 13.6 Å². The molecule has 0 fully saturated rings. The summed E-state index contributed by atoms with van der Waals surface area (Å²) in [5.41, 5.74) is 2.82. The molecule has 0 saturated heterocycles. The number of amides is 1. The zero-order valence-corrected chi connectivity index (χ0v) is 12.8. The Morgan fingerprint density at radius 3 is 2.53 bits per heavy atom. The Morgan fingerprint density at radius 1 is 1.37 bits per heavy atom. The minimum atomic E-state index is 0.00750. The summed E-state index contributed by atoms with van der Waals surface area (Å²) in [6.07, 6.45) is 1.74. The highest BCUT2D eigenvalue weighted by atomic mass is 79.9. The van der Waals surface area contributed by atoms with Crippen molar-refractivity contribution >= 4 is 21.8 Å². The van der Waals surface area contributed by atoms with Crippen molar-refractivity contribution < 1.29 is 4.79 Å². The summed E-state index contributed by atoms with van der Waals surface area (Å²) in [6.45, 7) is 2.52. The van der Waals surface area contributed by atoms with Crippen LogP contribution in [0.15, 0.2) is 34.9 Å². The van der Waals surface area contributed by atoms with Crippen molar-refractivity contribution in [1.82, 2.24) is 14.7 Å². The van der Waals surface area contributed by atoms with Crippen LogP contribution in [0.3, 0.4) is 0 Å². The number of carbonyl (C=O) groups excluding carboxylic acids is 1. The van der Waals surface area contributed by atoms with Gasteiger partial charge in [-0.2, -0.15) is 5.10 Å². The first-order chi connectivity index (χ1) is 8.99. The van der Waals surface area contributed by atoms with Crippen LogP contribution in [0.1, 0.15) is 21.6 Å². The third kappa shape index (κ3) is 3.04. The highest BCUT2D eigenvalue weighted by Gasteiger charge is 2.15. The van der Waals surface area contributed by atoms with E-state index in [1.54, 1.807) is 22.8 Å². The number of hydrogen-bond acceptors (Lipinski definition) is 2. The van der Waals surface area contributed by atoms with Crippen molar-refractivity contribution in [1.29, 1.82) is 0 Å². The Labute approximate surface area is 121 Å². The van der Waals surface area contributed by atoms with E-state index < -0.39 is 0 Å². The van der Waals surface area contributed by atoms with Crippen molar-refractivity contribution in [2.75, 3.05) is 7.05 Å². The largest absolute Gasteiger partial charge is 0.336 e. The molecule has 1 amide bonds. The monoisotopic (exact) mass is 321 g/mol. The number of aryl methyl sites for hydroxylation is 2. The summed E-state index contributed by atoms with van der Waals surface area (Å²) in [6, 6.07) is 7.60. The van der Waals surface area contributed by atoms with Crippen molar-refractivity contribution in [3.8, 4) is 0 Å². The standard InChI is InChI=1S/C14H16BrN3O/c1-10-4-6-11(7-5-10)14(19)17(2)9-13-12(15)8-16-18(13)3/h4-8H,9H2,1-3H3. The van der Waals surface area contributed by atoms with Gasteiger partial charge in [0.15, 0.2) is 0 Å². The van der Waals surface area contributed by atoms with E-state index in [4.69, 9.17) is 0 Å². The lowest BCUT2D eigenvalue weighted by molar-refractivity contribution is 0.0781. The Balaban J connectivity index is 2.14. The van der Waals surface area contributed by atoms with Gasteiger partial charge in [-0.3, -0.25) is 9.48 Å². The molecule has 5 heteroatoms. The SMILES string of the molecule is Cc1ccc(C(=O)N(C)Cc2c(Br)cnn2C)cc1. The topological polar surface area (TPSA) is 38.1 Å². The molecule has 1 aromatic carbocycles. The second-order valence-electron chi connectivity index (χ2n) is 4.59. The van der Waals surface area contributed by atoms with E-state index in [9.17, 15) is 4.79 Å². The molecule has 0 N–H and O–H groups in total.